The SMILES string of the molecule is C/C=C/C.C=C.C=C.C=C(C)C.C=C(C)C.C=C(C)C.C=CC.C=CC.C=CCC.CC=C(C)C.CC=C(C)C.CCC=C(C)C. The molecule has 46 heavy (non-hydrogen) atoms. The fraction of sp³-hybridized carbons (Fsp3) is 0.478. The Labute approximate surface area is 298 Å². The molecular formula is C46H92. The lowest BCUT2D eigenvalue weighted by Crippen LogP contribution is -1.58. The molecule has 0 radical (unpaired) electrons. The molecule has 0 saturated carbocycles. The minimum Gasteiger partial charge on any atom is -0.106 e. The molecule has 0 aliphatic carbocycles. The predicted molar refractivity (Wildman–Crippen MR) is 237 cm³/mol. The van der Waals surface area contributed by atoms with Gasteiger partial charge in [-0.1, -0.05) is 95.9 Å². The van der Waals surface area contributed by atoms with Gasteiger partial charge >= 0.3 is 0 Å². The Hall–Kier alpha value is -3.12. The highest BCUT2D eigenvalue weighted by molar-refractivity contribution is 4.91. The second-order valence-electron chi connectivity index (χ2n) is 10.2. The van der Waals surface area contributed by atoms with Crippen molar-refractivity contribution in [3.05, 3.63) is 148 Å². The third kappa shape index (κ3) is 1880. The standard InChI is InChI=1S/C6H12.2C5H10.5C4H8.2C3H6.2C2H4/c1-4-5-6(2)3;2*1-4-5(2)3;3*1-4(2)3;2*1-3-4-2;2*1-3-2;2*1-2/h5H,4H2,1-3H3;2*4H,1-3H3;3*1H2,2-3H3;3-4H,1-2H3;3H,1,4H2,2H3;2*3H,1H2,2H3;2*1-2H2/b;;;;;;4-3+;;;;;. The molecular weight excluding hydrogens is 553 g/mol. The van der Waals surface area contributed by atoms with Crippen molar-refractivity contribution < 1.29 is 0 Å². The summed E-state index contributed by atoms with van der Waals surface area (Å²) < 4.78 is 0. The van der Waals surface area contributed by atoms with Gasteiger partial charge in [-0.3, -0.25) is 0 Å². The molecule has 0 spiro atoms. The highest BCUT2D eigenvalue weighted by Crippen LogP contribution is 1.89. The summed E-state index contributed by atoms with van der Waals surface area (Å²) >= 11 is 0. The summed E-state index contributed by atoms with van der Waals surface area (Å²) in [6.07, 6.45) is 18.0. The van der Waals surface area contributed by atoms with E-state index < -0.39 is 0 Å². The van der Waals surface area contributed by atoms with E-state index in [2.05, 4.69) is 139 Å². The van der Waals surface area contributed by atoms with E-state index in [0.29, 0.717) is 0 Å². The van der Waals surface area contributed by atoms with Crippen LogP contribution in [0, 0.1) is 0 Å². The van der Waals surface area contributed by atoms with E-state index in [9.17, 15) is 0 Å². The van der Waals surface area contributed by atoms with Crippen LogP contribution in [0.4, 0.5) is 0 Å². The van der Waals surface area contributed by atoms with Crippen LogP contribution in [0.25, 0.3) is 0 Å². The van der Waals surface area contributed by atoms with Crippen LogP contribution in [0.1, 0.15) is 151 Å². The van der Waals surface area contributed by atoms with Gasteiger partial charge in [-0.05, 0) is 137 Å². The molecule has 0 unspecified atom stereocenters. The zero-order chi connectivity index (χ0) is 40.5. The third-order valence-corrected chi connectivity index (χ3v) is 2.39. The molecule has 0 fully saturated rings. The summed E-state index contributed by atoms with van der Waals surface area (Å²) in [5.41, 5.74) is 7.67. The Bertz CT molecular complexity index is 588. The Morgan fingerprint density at radius 2 is 0.543 bits per heavy atom. The number of rotatable bonds is 2. The smallest absolute Gasteiger partial charge is 0.0377 e. The molecule has 0 aliphatic heterocycles. The fourth-order valence-electron chi connectivity index (χ4n) is 0.408. The zero-order valence-electron chi connectivity index (χ0n) is 36.1. The molecule has 0 amide bonds. The van der Waals surface area contributed by atoms with E-state index >= 15 is 0 Å². The molecule has 0 rings (SSSR count). The number of hydrogen-bond donors (Lipinski definition) is 0. The maximum absolute atomic E-state index is 3.56. The Morgan fingerprint density at radius 1 is 0.413 bits per heavy atom. The number of allylic oxidation sites excluding steroid dienone is 14. The lowest BCUT2D eigenvalue weighted by molar-refractivity contribution is 1.18. The van der Waals surface area contributed by atoms with Gasteiger partial charge in [-0.15, -0.1) is 65.8 Å². The van der Waals surface area contributed by atoms with Crippen LogP contribution in [-0.2, 0) is 0 Å². The quantitative estimate of drug-likeness (QED) is 0.262. The molecule has 0 heteroatoms. The molecule has 0 nitrogen and oxygen atoms in total. The fourth-order valence-corrected chi connectivity index (χ4v) is 0.408. The van der Waals surface area contributed by atoms with Gasteiger partial charge in [0.15, 0.2) is 0 Å². The van der Waals surface area contributed by atoms with Crippen molar-refractivity contribution >= 4 is 0 Å². The van der Waals surface area contributed by atoms with Crippen LogP contribution < -0.4 is 0 Å². The highest BCUT2D eigenvalue weighted by Gasteiger charge is 1.67. The summed E-state index contributed by atoms with van der Waals surface area (Å²) in [5.74, 6) is 0. The molecule has 0 aromatic heterocycles. The van der Waals surface area contributed by atoms with Crippen molar-refractivity contribution in [2.24, 2.45) is 0 Å². The van der Waals surface area contributed by atoms with E-state index in [4.69, 9.17) is 0 Å². The van der Waals surface area contributed by atoms with Crippen LogP contribution in [0.2, 0.25) is 0 Å². The Balaban J connectivity index is -0.0000000277. The van der Waals surface area contributed by atoms with E-state index in [-0.39, 0.29) is 0 Å². The summed E-state index contributed by atoms with van der Waals surface area (Å²) in [5, 5.41) is 0. The summed E-state index contributed by atoms with van der Waals surface area (Å²) in [7, 11) is 0. The van der Waals surface area contributed by atoms with Crippen LogP contribution >= 0.6 is 0 Å². The maximum Gasteiger partial charge on any atom is -0.0377 e. The molecule has 0 bridgehead atoms. The summed E-state index contributed by atoms with van der Waals surface area (Å²) in [4.78, 5) is 0. The molecule has 0 atom stereocenters. The second-order valence-corrected chi connectivity index (χ2v) is 10.2. The molecule has 0 aliphatic rings. The minimum atomic E-state index is 1.08. The van der Waals surface area contributed by atoms with Gasteiger partial charge in [-0.2, -0.15) is 0 Å². The lowest BCUT2D eigenvalue weighted by atomic mass is 10.3. The summed E-state index contributed by atoms with van der Waals surface area (Å²) in [6, 6.07) is 0. The van der Waals surface area contributed by atoms with Crippen molar-refractivity contribution in [2.75, 3.05) is 0 Å². The highest BCUT2D eigenvalue weighted by atomic mass is 13.7. The first-order valence-corrected chi connectivity index (χ1v) is 16.2. The van der Waals surface area contributed by atoms with Gasteiger partial charge in [0.05, 0.1) is 0 Å². The second kappa shape index (κ2) is 113. The van der Waals surface area contributed by atoms with Gasteiger partial charge in [0.25, 0.3) is 0 Å². The molecule has 276 valence electrons. The van der Waals surface area contributed by atoms with Gasteiger partial charge in [-0.25, -0.2) is 0 Å². The van der Waals surface area contributed by atoms with Crippen LogP contribution in [-0.4, -0.2) is 0 Å². The van der Waals surface area contributed by atoms with Gasteiger partial charge < -0.3 is 0 Å². The van der Waals surface area contributed by atoms with Crippen molar-refractivity contribution in [1.82, 2.24) is 0 Å². The van der Waals surface area contributed by atoms with Gasteiger partial charge in [0, 0.05) is 0 Å². The van der Waals surface area contributed by atoms with Crippen molar-refractivity contribution in [3.63, 3.8) is 0 Å². The third-order valence-electron chi connectivity index (χ3n) is 2.39. The Kier molecular flexibility index (Phi) is 194. The largest absolute Gasteiger partial charge is 0.106 e. The van der Waals surface area contributed by atoms with Crippen molar-refractivity contribution in [1.29, 1.82) is 0 Å². The van der Waals surface area contributed by atoms with Crippen molar-refractivity contribution in [3.8, 4) is 0 Å². The first kappa shape index (κ1) is 78.9. The minimum absolute atomic E-state index is 1.08. The molecule has 0 N–H and O–H groups in total. The lowest BCUT2D eigenvalue weighted by Gasteiger charge is -1.80. The molecule has 0 saturated heterocycles. The summed E-state index contributed by atoms with van der Waals surface area (Å²) in [6.45, 7) is 73.3. The van der Waals surface area contributed by atoms with E-state index in [1.807, 2.05) is 101 Å². The van der Waals surface area contributed by atoms with E-state index in [0.717, 1.165) is 6.42 Å². The van der Waals surface area contributed by atoms with Crippen LogP contribution in [0.15, 0.2) is 148 Å². The topological polar surface area (TPSA) is 0 Å². The molecule has 0 aromatic rings. The Morgan fingerprint density at radius 3 is 0.543 bits per heavy atom. The van der Waals surface area contributed by atoms with Crippen molar-refractivity contribution in [2.45, 2.75) is 151 Å². The molecule has 0 aromatic carbocycles. The maximum atomic E-state index is 3.56. The first-order valence-electron chi connectivity index (χ1n) is 16.2. The average molecular weight is 645 g/mol. The first-order chi connectivity index (χ1) is 21.2. The number of hydrogen-bond acceptors (Lipinski definition) is 0. The van der Waals surface area contributed by atoms with E-state index in [1.54, 1.807) is 12.2 Å². The normalized spacial score (nSPS) is 6.35. The van der Waals surface area contributed by atoms with Gasteiger partial charge in [0.1, 0.15) is 0 Å². The predicted octanol–water partition coefficient (Wildman–Crippen LogP) is 18.2. The van der Waals surface area contributed by atoms with E-state index in [1.165, 1.54) is 39.9 Å². The average Bonchev–Trinajstić information content (AvgIpc) is 2.96. The zero-order valence-corrected chi connectivity index (χ0v) is 36.1. The van der Waals surface area contributed by atoms with Gasteiger partial charge in [0.2, 0.25) is 0 Å². The van der Waals surface area contributed by atoms with Crippen LogP contribution in [0.3, 0.4) is 0 Å². The molecule has 0 heterocycles. The van der Waals surface area contributed by atoms with Crippen LogP contribution in [0.5, 0.6) is 0 Å². The monoisotopic (exact) mass is 645 g/mol.